The molecule has 0 bridgehead atoms. The second-order valence-corrected chi connectivity index (χ2v) is 8.44. The lowest BCUT2D eigenvalue weighted by Gasteiger charge is -2.31. The number of carbonyl (C=O) groups excluding carboxylic acids is 2. The van der Waals surface area contributed by atoms with E-state index in [1.165, 1.54) is 0 Å². The van der Waals surface area contributed by atoms with Crippen LogP contribution in [0.4, 0.5) is 0 Å². The van der Waals surface area contributed by atoms with Gasteiger partial charge in [0.2, 0.25) is 18.6 Å². The predicted octanol–water partition coefficient (Wildman–Crippen LogP) is 4.99. The normalized spacial score (nSPS) is 13.0. The maximum absolute atomic E-state index is 13.4. The van der Waals surface area contributed by atoms with E-state index in [-0.39, 0.29) is 31.6 Å². The summed E-state index contributed by atoms with van der Waals surface area (Å²) in [6, 6.07) is 10.3. The highest BCUT2D eigenvalue weighted by molar-refractivity contribution is 6.36. The Morgan fingerprint density at radius 2 is 1.81 bits per heavy atom. The molecule has 0 saturated carbocycles. The van der Waals surface area contributed by atoms with Gasteiger partial charge in [-0.05, 0) is 49.1 Å². The quantitative estimate of drug-likeness (QED) is 0.522. The molecule has 0 saturated heterocycles. The first-order valence-corrected chi connectivity index (χ1v) is 11.6. The third-order valence-electron chi connectivity index (χ3n) is 5.39. The minimum atomic E-state index is -0.613. The predicted molar refractivity (Wildman–Crippen MR) is 125 cm³/mol. The van der Waals surface area contributed by atoms with Gasteiger partial charge in [0.1, 0.15) is 6.04 Å². The van der Waals surface area contributed by atoms with Crippen LogP contribution in [0.15, 0.2) is 36.4 Å². The molecule has 0 aromatic heterocycles. The van der Waals surface area contributed by atoms with E-state index in [0.29, 0.717) is 46.5 Å². The van der Waals surface area contributed by atoms with Crippen LogP contribution in [0.5, 0.6) is 11.5 Å². The van der Waals surface area contributed by atoms with Gasteiger partial charge in [0.15, 0.2) is 11.5 Å². The van der Waals surface area contributed by atoms with Gasteiger partial charge < -0.3 is 19.7 Å². The summed E-state index contributed by atoms with van der Waals surface area (Å²) in [6.07, 6.45) is 2.04. The van der Waals surface area contributed by atoms with Gasteiger partial charge >= 0.3 is 0 Å². The number of nitrogens with zero attached hydrogens (tertiary/aromatic N) is 1. The van der Waals surface area contributed by atoms with E-state index in [0.717, 1.165) is 12.0 Å². The molecular weight excluding hydrogens is 451 g/mol. The van der Waals surface area contributed by atoms with E-state index in [4.69, 9.17) is 32.7 Å². The number of nitrogens with one attached hydrogen (secondary N) is 1. The van der Waals surface area contributed by atoms with Crippen molar-refractivity contribution < 1.29 is 19.1 Å². The fraction of sp³-hybridized carbons (Fsp3) is 0.417. The first-order valence-electron chi connectivity index (χ1n) is 10.8. The summed E-state index contributed by atoms with van der Waals surface area (Å²) in [5, 5.41) is 3.84. The largest absolute Gasteiger partial charge is 0.454 e. The highest BCUT2D eigenvalue weighted by Gasteiger charge is 2.29. The summed E-state index contributed by atoms with van der Waals surface area (Å²) < 4.78 is 10.8. The smallest absolute Gasteiger partial charge is 0.242 e. The molecule has 3 rings (SSSR count). The zero-order chi connectivity index (χ0) is 23.1. The van der Waals surface area contributed by atoms with E-state index in [2.05, 4.69) is 5.32 Å². The Labute approximate surface area is 198 Å². The lowest BCUT2D eigenvalue weighted by molar-refractivity contribution is -0.141. The molecule has 1 N–H and O–H groups in total. The summed E-state index contributed by atoms with van der Waals surface area (Å²) in [7, 11) is 0. The summed E-state index contributed by atoms with van der Waals surface area (Å²) in [5.41, 5.74) is 1.59. The fourth-order valence-electron chi connectivity index (χ4n) is 3.63. The molecule has 1 atom stereocenters. The Morgan fingerprint density at radius 3 is 2.50 bits per heavy atom. The number of halogens is 2. The molecule has 1 aliphatic rings. The van der Waals surface area contributed by atoms with Gasteiger partial charge in [-0.1, -0.05) is 49.2 Å². The molecule has 2 amide bonds. The standard InChI is InChI=1S/C24H28Cl2N2O4/c1-3-12-27-24(30)20(4-2)28(14-17-18(25)6-5-7-19(17)26)23(29)11-9-16-8-10-21-22(13-16)32-15-31-21/h5-8,10,13,20H,3-4,9,11-12,14-15H2,1-2H3,(H,27,30)/t20-/m0/s1. The van der Waals surface area contributed by atoms with Crippen LogP contribution in [0, 0.1) is 0 Å². The number of rotatable bonds is 10. The van der Waals surface area contributed by atoms with Crippen molar-refractivity contribution in [1.29, 1.82) is 0 Å². The van der Waals surface area contributed by atoms with E-state index in [1.54, 1.807) is 23.1 Å². The van der Waals surface area contributed by atoms with Crippen LogP contribution in [0.2, 0.25) is 10.0 Å². The summed E-state index contributed by atoms with van der Waals surface area (Å²) in [5.74, 6) is 1.07. The highest BCUT2D eigenvalue weighted by Crippen LogP contribution is 2.33. The van der Waals surface area contributed by atoms with Gasteiger partial charge in [-0.3, -0.25) is 9.59 Å². The molecule has 2 aromatic rings. The van der Waals surface area contributed by atoms with Crippen molar-refractivity contribution in [1.82, 2.24) is 10.2 Å². The molecule has 0 aliphatic carbocycles. The second kappa shape index (κ2) is 11.4. The van der Waals surface area contributed by atoms with Crippen LogP contribution in [0.1, 0.15) is 44.2 Å². The van der Waals surface area contributed by atoms with Crippen molar-refractivity contribution in [3.05, 3.63) is 57.6 Å². The van der Waals surface area contributed by atoms with Crippen LogP contribution >= 0.6 is 23.2 Å². The van der Waals surface area contributed by atoms with Gasteiger partial charge in [0, 0.05) is 35.1 Å². The molecule has 172 valence electrons. The lowest BCUT2D eigenvalue weighted by atomic mass is 10.1. The van der Waals surface area contributed by atoms with Crippen LogP contribution in [-0.4, -0.2) is 36.1 Å². The molecule has 6 nitrogen and oxygen atoms in total. The molecule has 0 radical (unpaired) electrons. The second-order valence-electron chi connectivity index (χ2n) is 7.62. The van der Waals surface area contributed by atoms with Crippen LogP contribution in [-0.2, 0) is 22.6 Å². The maximum atomic E-state index is 13.4. The average Bonchev–Trinajstić information content (AvgIpc) is 3.25. The monoisotopic (exact) mass is 478 g/mol. The SMILES string of the molecule is CCCNC(=O)[C@H](CC)N(Cc1c(Cl)cccc1Cl)C(=O)CCc1ccc2c(c1)OCO2. The molecule has 0 fully saturated rings. The lowest BCUT2D eigenvalue weighted by Crippen LogP contribution is -2.49. The Bertz CT molecular complexity index is 947. The minimum Gasteiger partial charge on any atom is -0.454 e. The molecule has 0 spiro atoms. The number of aryl methyl sites for hydroxylation is 1. The first-order chi connectivity index (χ1) is 15.4. The van der Waals surface area contributed by atoms with Crippen molar-refractivity contribution in [3.8, 4) is 11.5 Å². The summed E-state index contributed by atoms with van der Waals surface area (Å²) in [6.45, 7) is 4.80. The molecule has 1 heterocycles. The number of carbonyl (C=O) groups is 2. The Morgan fingerprint density at radius 1 is 1.09 bits per heavy atom. The Hall–Kier alpha value is -2.44. The summed E-state index contributed by atoms with van der Waals surface area (Å²) >= 11 is 12.7. The van der Waals surface area contributed by atoms with Crippen LogP contribution in [0.3, 0.4) is 0 Å². The number of amides is 2. The van der Waals surface area contributed by atoms with E-state index >= 15 is 0 Å². The van der Waals surface area contributed by atoms with Crippen molar-refractivity contribution in [2.45, 2.75) is 52.1 Å². The molecule has 2 aromatic carbocycles. The maximum Gasteiger partial charge on any atom is 0.242 e. The molecule has 0 unspecified atom stereocenters. The van der Waals surface area contributed by atoms with E-state index < -0.39 is 6.04 Å². The Balaban J connectivity index is 1.79. The first kappa shape index (κ1) is 24.2. The number of benzene rings is 2. The zero-order valence-corrected chi connectivity index (χ0v) is 19.8. The number of hydrogen-bond acceptors (Lipinski definition) is 4. The number of ether oxygens (including phenoxy) is 2. The van der Waals surface area contributed by atoms with Gasteiger partial charge in [-0.25, -0.2) is 0 Å². The summed E-state index contributed by atoms with van der Waals surface area (Å²) in [4.78, 5) is 27.8. The molecular formula is C24H28Cl2N2O4. The highest BCUT2D eigenvalue weighted by atomic mass is 35.5. The number of hydrogen-bond donors (Lipinski definition) is 1. The third kappa shape index (κ3) is 5.87. The average molecular weight is 479 g/mol. The molecule has 32 heavy (non-hydrogen) atoms. The fourth-order valence-corrected chi connectivity index (χ4v) is 4.15. The van der Waals surface area contributed by atoms with Crippen molar-refractivity contribution in [3.63, 3.8) is 0 Å². The van der Waals surface area contributed by atoms with Gasteiger partial charge in [0.25, 0.3) is 0 Å². The molecule has 1 aliphatic heterocycles. The van der Waals surface area contributed by atoms with Crippen molar-refractivity contribution >= 4 is 35.0 Å². The van der Waals surface area contributed by atoms with Crippen LogP contribution < -0.4 is 14.8 Å². The van der Waals surface area contributed by atoms with E-state index in [1.807, 2.05) is 32.0 Å². The number of fused-ring (bicyclic) bond motifs is 1. The van der Waals surface area contributed by atoms with Crippen LogP contribution in [0.25, 0.3) is 0 Å². The molecule has 8 heteroatoms. The zero-order valence-electron chi connectivity index (χ0n) is 18.3. The Kier molecular flexibility index (Phi) is 8.65. The third-order valence-corrected chi connectivity index (χ3v) is 6.10. The topological polar surface area (TPSA) is 67.9 Å². The van der Waals surface area contributed by atoms with Crippen molar-refractivity contribution in [2.75, 3.05) is 13.3 Å². The van der Waals surface area contributed by atoms with Gasteiger partial charge in [0.05, 0.1) is 0 Å². The minimum absolute atomic E-state index is 0.142. The van der Waals surface area contributed by atoms with E-state index in [9.17, 15) is 9.59 Å². The van der Waals surface area contributed by atoms with Gasteiger partial charge in [-0.15, -0.1) is 0 Å². The van der Waals surface area contributed by atoms with Gasteiger partial charge in [-0.2, -0.15) is 0 Å². The van der Waals surface area contributed by atoms with Crippen molar-refractivity contribution in [2.24, 2.45) is 0 Å².